The van der Waals surface area contributed by atoms with Gasteiger partial charge in [0.05, 0.1) is 21.1 Å². The number of nitrogens with one attached hydrogen (secondary N) is 1. The number of aromatic amines is 1. The first-order valence-electron chi connectivity index (χ1n) is 9.03. The van der Waals surface area contributed by atoms with Crippen molar-refractivity contribution in [1.29, 1.82) is 5.26 Å². The van der Waals surface area contributed by atoms with Gasteiger partial charge < -0.3 is 9.17 Å². The predicted octanol–water partition coefficient (Wildman–Crippen LogP) is 6.57. The molecule has 0 saturated heterocycles. The summed E-state index contributed by atoms with van der Waals surface area (Å²) in [6.45, 7) is 0. The SMILES string of the molecule is N#C/C(=C\c1cc(Br)cc(Br)c1OS(=O)(=O)c1ccc(Cl)cc1)c1nc2ccccc2[nH]1. The maximum atomic E-state index is 12.8. The number of aromatic nitrogens is 2. The molecule has 1 aromatic heterocycles. The molecule has 0 atom stereocenters. The molecule has 0 aliphatic rings. The van der Waals surface area contributed by atoms with E-state index in [1.165, 1.54) is 30.3 Å². The summed E-state index contributed by atoms with van der Waals surface area (Å²) in [4.78, 5) is 7.49. The third-order valence-electron chi connectivity index (χ3n) is 4.40. The van der Waals surface area contributed by atoms with Crippen LogP contribution in [0.3, 0.4) is 0 Å². The Morgan fingerprint density at radius 3 is 2.53 bits per heavy atom. The fourth-order valence-corrected chi connectivity index (χ4v) is 5.47. The lowest BCUT2D eigenvalue weighted by atomic mass is 10.1. The van der Waals surface area contributed by atoms with E-state index in [2.05, 4.69) is 47.9 Å². The predicted molar refractivity (Wildman–Crippen MR) is 131 cm³/mol. The van der Waals surface area contributed by atoms with E-state index in [0.29, 0.717) is 30.9 Å². The first kappa shape index (κ1) is 22.6. The van der Waals surface area contributed by atoms with Gasteiger partial charge in [-0.2, -0.15) is 13.7 Å². The third-order valence-corrected chi connectivity index (χ3v) is 6.93. The molecule has 0 fully saturated rings. The van der Waals surface area contributed by atoms with Crippen LogP contribution in [0.2, 0.25) is 5.02 Å². The number of benzene rings is 3. The van der Waals surface area contributed by atoms with E-state index in [-0.39, 0.29) is 16.2 Å². The second-order valence-corrected chi connectivity index (χ2v) is 10.3. The van der Waals surface area contributed by atoms with Gasteiger partial charge in [0.2, 0.25) is 0 Å². The Balaban J connectivity index is 1.80. The van der Waals surface area contributed by atoms with Crippen molar-refractivity contribution in [3.05, 3.63) is 86.0 Å². The molecule has 0 amide bonds. The fourth-order valence-electron chi connectivity index (χ4n) is 2.92. The molecule has 0 aliphatic heterocycles. The van der Waals surface area contributed by atoms with Crippen LogP contribution in [0.1, 0.15) is 11.4 Å². The number of allylic oxidation sites excluding steroid dienone is 1. The summed E-state index contributed by atoms with van der Waals surface area (Å²) < 4.78 is 32.2. The van der Waals surface area contributed by atoms with Crippen LogP contribution < -0.4 is 4.18 Å². The molecule has 0 radical (unpaired) electrons. The zero-order valence-corrected chi connectivity index (χ0v) is 20.8. The van der Waals surface area contributed by atoms with Crippen LogP contribution >= 0.6 is 43.5 Å². The molecule has 6 nitrogen and oxygen atoms in total. The van der Waals surface area contributed by atoms with Crippen LogP contribution in [0.5, 0.6) is 5.75 Å². The molecule has 32 heavy (non-hydrogen) atoms. The average molecular weight is 594 g/mol. The first-order chi connectivity index (χ1) is 15.3. The molecule has 0 spiro atoms. The van der Waals surface area contributed by atoms with Crippen LogP contribution in [0.4, 0.5) is 0 Å². The van der Waals surface area contributed by atoms with Crippen molar-refractivity contribution in [3.63, 3.8) is 0 Å². The molecule has 10 heteroatoms. The minimum atomic E-state index is -4.16. The van der Waals surface area contributed by atoms with Crippen LogP contribution in [-0.2, 0) is 10.1 Å². The summed E-state index contributed by atoms with van der Waals surface area (Å²) in [6.07, 6.45) is 1.51. The summed E-state index contributed by atoms with van der Waals surface area (Å²) in [7, 11) is -4.16. The number of rotatable bonds is 5. The molecule has 0 saturated carbocycles. The minimum absolute atomic E-state index is 0.0343. The lowest BCUT2D eigenvalue weighted by molar-refractivity contribution is 0.484. The molecule has 160 valence electrons. The Kier molecular flexibility index (Phi) is 6.40. The van der Waals surface area contributed by atoms with Crippen molar-refractivity contribution in [1.82, 2.24) is 9.97 Å². The van der Waals surface area contributed by atoms with E-state index in [1.807, 2.05) is 24.3 Å². The second kappa shape index (κ2) is 9.08. The number of nitriles is 1. The molecule has 4 aromatic rings. The van der Waals surface area contributed by atoms with Crippen molar-refractivity contribution < 1.29 is 12.6 Å². The van der Waals surface area contributed by atoms with Crippen molar-refractivity contribution in [2.75, 3.05) is 0 Å². The minimum Gasteiger partial charge on any atom is -0.377 e. The van der Waals surface area contributed by atoms with Crippen LogP contribution in [0.25, 0.3) is 22.7 Å². The van der Waals surface area contributed by atoms with Crippen LogP contribution in [0.15, 0.2) is 74.5 Å². The standard InChI is InChI=1S/C22H12Br2ClN3O3S/c23-15-10-13(9-14(12-26)22-27-19-3-1-2-4-20(19)28-22)21(18(24)11-15)31-32(29,30)17-7-5-16(25)6-8-17/h1-11H,(H,27,28)/b14-9+. The van der Waals surface area contributed by atoms with E-state index in [4.69, 9.17) is 15.8 Å². The number of para-hydroxylation sites is 2. The van der Waals surface area contributed by atoms with Crippen molar-refractivity contribution >= 4 is 76.3 Å². The van der Waals surface area contributed by atoms with E-state index in [9.17, 15) is 13.7 Å². The topological polar surface area (TPSA) is 95.8 Å². The van der Waals surface area contributed by atoms with Gasteiger partial charge >= 0.3 is 10.1 Å². The molecule has 0 aliphatic carbocycles. The number of hydrogen-bond acceptors (Lipinski definition) is 5. The lowest BCUT2D eigenvalue weighted by Crippen LogP contribution is -2.11. The van der Waals surface area contributed by atoms with Crippen LogP contribution in [0, 0.1) is 11.3 Å². The van der Waals surface area contributed by atoms with Gasteiger partial charge in [0.1, 0.15) is 16.8 Å². The molecule has 1 N–H and O–H groups in total. The zero-order valence-electron chi connectivity index (χ0n) is 16.0. The van der Waals surface area contributed by atoms with Gasteiger partial charge in [0.25, 0.3) is 0 Å². The van der Waals surface area contributed by atoms with Gasteiger partial charge in [-0.3, -0.25) is 0 Å². The number of fused-ring (bicyclic) bond motifs is 1. The van der Waals surface area contributed by atoms with Gasteiger partial charge in [0, 0.05) is 15.1 Å². The maximum Gasteiger partial charge on any atom is 0.339 e. The first-order valence-corrected chi connectivity index (χ1v) is 12.4. The summed E-state index contributed by atoms with van der Waals surface area (Å²) in [5.74, 6) is 0.392. The number of H-pyrrole nitrogens is 1. The lowest BCUT2D eigenvalue weighted by Gasteiger charge is -2.12. The summed E-state index contributed by atoms with van der Waals surface area (Å²) in [5, 5.41) is 10.2. The monoisotopic (exact) mass is 591 g/mol. The smallest absolute Gasteiger partial charge is 0.339 e. The van der Waals surface area contributed by atoms with E-state index in [0.717, 1.165) is 5.52 Å². The highest BCUT2D eigenvalue weighted by Crippen LogP contribution is 2.37. The van der Waals surface area contributed by atoms with E-state index < -0.39 is 10.1 Å². The Morgan fingerprint density at radius 1 is 1.12 bits per heavy atom. The third kappa shape index (κ3) is 4.74. The summed E-state index contributed by atoms with van der Waals surface area (Å²) in [5.41, 5.74) is 2.06. The Labute approximate surface area is 205 Å². The molecular weight excluding hydrogens is 582 g/mol. The largest absolute Gasteiger partial charge is 0.377 e. The molecule has 4 rings (SSSR count). The molecular formula is C22H12Br2ClN3O3S. The summed E-state index contributed by atoms with van der Waals surface area (Å²) in [6, 6.07) is 18.4. The Hall–Kier alpha value is -2.64. The van der Waals surface area contributed by atoms with Gasteiger partial charge in [-0.05, 0) is 70.5 Å². The highest BCUT2D eigenvalue weighted by atomic mass is 79.9. The van der Waals surface area contributed by atoms with E-state index >= 15 is 0 Å². The number of nitrogens with zero attached hydrogens (tertiary/aromatic N) is 2. The van der Waals surface area contributed by atoms with Crippen LogP contribution in [-0.4, -0.2) is 18.4 Å². The molecule has 1 heterocycles. The Morgan fingerprint density at radius 2 is 1.84 bits per heavy atom. The fraction of sp³-hybridized carbons (Fsp3) is 0. The maximum absolute atomic E-state index is 12.8. The van der Waals surface area contributed by atoms with E-state index in [1.54, 1.807) is 12.1 Å². The quantitative estimate of drug-likeness (QED) is 0.209. The van der Waals surface area contributed by atoms with Gasteiger partial charge in [0.15, 0.2) is 5.75 Å². The number of imidazole rings is 1. The summed E-state index contributed by atoms with van der Waals surface area (Å²) >= 11 is 12.6. The number of hydrogen-bond donors (Lipinski definition) is 1. The average Bonchev–Trinajstić information content (AvgIpc) is 3.18. The van der Waals surface area contributed by atoms with Gasteiger partial charge in [-0.15, -0.1) is 0 Å². The van der Waals surface area contributed by atoms with Gasteiger partial charge in [-0.1, -0.05) is 39.7 Å². The molecule has 3 aromatic carbocycles. The molecule has 0 unspecified atom stereocenters. The van der Waals surface area contributed by atoms with Gasteiger partial charge in [-0.25, -0.2) is 4.98 Å². The van der Waals surface area contributed by atoms with Crippen molar-refractivity contribution in [2.45, 2.75) is 4.90 Å². The van der Waals surface area contributed by atoms with Crippen molar-refractivity contribution in [3.8, 4) is 11.8 Å². The van der Waals surface area contributed by atoms with Crippen molar-refractivity contribution in [2.24, 2.45) is 0 Å². The Bertz CT molecular complexity index is 1470. The number of halogens is 3. The normalized spacial score (nSPS) is 12.0. The second-order valence-electron chi connectivity index (χ2n) is 6.57. The highest BCUT2D eigenvalue weighted by molar-refractivity contribution is 9.11. The molecule has 0 bridgehead atoms. The highest BCUT2D eigenvalue weighted by Gasteiger charge is 2.21. The zero-order chi connectivity index (χ0) is 22.9.